The number of aryl methyl sites for hydroxylation is 1. The van der Waals surface area contributed by atoms with Crippen molar-refractivity contribution in [3.63, 3.8) is 0 Å². The number of hydrogen-bond acceptors (Lipinski definition) is 1. The first kappa shape index (κ1) is 11.9. The Morgan fingerprint density at radius 1 is 1.12 bits per heavy atom. The monoisotopic (exact) mass is 289 g/mol. The van der Waals surface area contributed by atoms with Crippen LogP contribution in [0.5, 0.6) is 0 Å². The minimum absolute atomic E-state index is 0.100. The summed E-state index contributed by atoms with van der Waals surface area (Å²) in [6.07, 6.45) is 0. The molecule has 17 heavy (non-hydrogen) atoms. The van der Waals surface area contributed by atoms with E-state index < -0.39 is 0 Å². The highest BCUT2D eigenvalue weighted by Crippen LogP contribution is 2.23. The summed E-state index contributed by atoms with van der Waals surface area (Å²) in [6.45, 7) is 1.99. The molecule has 2 aromatic rings. The van der Waals surface area contributed by atoms with Gasteiger partial charge in [0.05, 0.1) is 5.69 Å². The molecule has 0 saturated carbocycles. The minimum atomic E-state index is -0.100. The third-order valence-electron chi connectivity index (χ3n) is 2.41. The molecule has 0 heterocycles. The molecule has 3 heteroatoms. The van der Waals surface area contributed by atoms with Gasteiger partial charge in [-0.3, -0.25) is 4.79 Å². The van der Waals surface area contributed by atoms with Gasteiger partial charge in [0.1, 0.15) is 0 Å². The van der Waals surface area contributed by atoms with Gasteiger partial charge in [-0.15, -0.1) is 0 Å². The topological polar surface area (TPSA) is 29.1 Å². The van der Waals surface area contributed by atoms with Crippen molar-refractivity contribution in [3.05, 3.63) is 64.1 Å². The molecule has 0 bridgehead atoms. The highest BCUT2D eigenvalue weighted by molar-refractivity contribution is 9.10. The number of nitrogens with one attached hydrogen (secondary N) is 1. The van der Waals surface area contributed by atoms with E-state index in [1.165, 1.54) is 0 Å². The van der Waals surface area contributed by atoms with E-state index in [1.807, 2.05) is 43.3 Å². The van der Waals surface area contributed by atoms with E-state index in [9.17, 15) is 4.79 Å². The zero-order valence-corrected chi connectivity index (χ0v) is 11.0. The van der Waals surface area contributed by atoms with Crippen LogP contribution in [-0.4, -0.2) is 5.91 Å². The van der Waals surface area contributed by atoms with Crippen molar-refractivity contribution in [2.75, 3.05) is 5.32 Å². The fourth-order valence-corrected chi connectivity index (χ4v) is 1.86. The normalized spacial score (nSPS) is 10.0. The highest BCUT2D eigenvalue weighted by atomic mass is 79.9. The van der Waals surface area contributed by atoms with E-state index in [4.69, 9.17) is 0 Å². The minimum Gasteiger partial charge on any atom is -0.321 e. The Bertz CT molecular complexity index is 537. The molecule has 0 aromatic heterocycles. The summed E-state index contributed by atoms with van der Waals surface area (Å²) in [4.78, 5) is 11.9. The second kappa shape index (κ2) is 5.15. The number of carbonyl (C=O) groups is 1. The number of rotatable bonds is 2. The summed E-state index contributed by atoms with van der Waals surface area (Å²) in [5.41, 5.74) is 2.55. The highest BCUT2D eigenvalue weighted by Gasteiger charge is 2.07. The fraction of sp³-hybridized carbons (Fsp3) is 0.0714. The van der Waals surface area contributed by atoms with Gasteiger partial charge in [0, 0.05) is 10.0 Å². The first-order valence-corrected chi connectivity index (χ1v) is 6.08. The number of carbonyl (C=O) groups excluding carboxylic acids is 1. The average Bonchev–Trinajstić information content (AvgIpc) is 2.35. The molecule has 0 saturated heterocycles. The van der Waals surface area contributed by atoms with Crippen LogP contribution in [0, 0.1) is 6.92 Å². The lowest BCUT2D eigenvalue weighted by molar-refractivity contribution is 0.102. The van der Waals surface area contributed by atoms with Crippen molar-refractivity contribution in [1.29, 1.82) is 0 Å². The molecular formula is C14H12BrNO. The smallest absolute Gasteiger partial charge is 0.255 e. The van der Waals surface area contributed by atoms with Gasteiger partial charge in [-0.25, -0.2) is 0 Å². The van der Waals surface area contributed by atoms with Crippen LogP contribution in [0.4, 0.5) is 5.69 Å². The molecule has 0 radical (unpaired) electrons. The van der Waals surface area contributed by atoms with Gasteiger partial charge >= 0.3 is 0 Å². The summed E-state index contributed by atoms with van der Waals surface area (Å²) in [5, 5.41) is 2.88. The van der Waals surface area contributed by atoms with E-state index in [2.05, 4.69) is 21.2 Å². The van der Waals surface area contributed by atoms with E-state index in [0.717, 1.165) is 15.7 Å². The molecule has 1 N–H and O–H groups in total. The predicted molar refractivity (Wildman–Crippen MR) is 73.3 cm³/mol. The van der Waals surface area contributed by atoms with Gasteiger partial charge in [-0.05, 0) is 52.7 Å². The van der Waals surface area contributed by atoms with Crippen molar-refractivity contribution >= 4 is 27.5 Å². The summed E-state index contributed by atoms with van der Waals surface area (Å²) >= 11 is 3.42. The standard InChI is InChI=1S/C14H12BrNO/c1-10-7-8-12(15)13(9-10)16-14(17)11-5-3-2-4-6-11/h2-9H,1H3,(H,16,17). The van der Waals surface area contributed by atoms with Crippen LogP contribution in [0.15, 0.2) is 53.0 Å². The third-order valence-corrected chi connectivity index (χ3v) is 3.10. The second-order valence-electron chi connectivity index (χ2n) is 3.80. The Balaban J connectivity index is 2.22. The van der Waals surface area contributed by atoms with Crippen LogP contribution >= 0.6 is 15.9 Å². The maximum absolute atomic E-state index is 11.9. The SMILES string of the molecule is Cc1ccc(Br)c(NC(=O)c2ccccc2)c1. The largest absolute Gasteiger partial charge is 0.321 e. The van der Waals surface area contributed by atoms with Crippen LogP contribution < -0.4 is 5.32 Å². The first-order valence-electron chi connectivity index (χ1n) is 5.29. The number of halogens is 1. The molecule has 0 unspecified atom stereocenters. The number of amides is 1. The number of anilines is 1. The Morgan fingerprint density at radius 3 is 2.53 bits per heavy atom. The summed E-state index contributed by atoms with van der Waals surface area (Å²) < 4.78 is 0.882. The second-order valence-corrected chi connectivity index (χ2v) is 4.66. The molecule has 2 rings (SSSR count). The lowest BCUT2D eigenvalue weighted by Crippen LogP contribution is -2.12. The van der Waals surface area contributed by atoms with Gasteiger partial charge in [0.2, 0.25) is 0 Å². The molecule has 0 spiro atoms. The molecule has 0 fully saturated rings. The Kier molecular flexibility index (Phi) is 3.59. The predicted octanol–water partition coefficient (Wildman–Crippen LogP) is 4.01. The molecule has 0 atom stereocenters. The van der Waals surface area contributed by atoms with Crippen LogP contribution in [0.3, 0.4) is 0 Å². The third kappa shape index (κ3) is 2.94. The van der Waals surface area contributed by atoms with E-state index in [-0.39, 0.29) is 5.91 Å². The quantitative estimate of drug-likeness (QED) is 0.889. The molecule has 0 aliphatic heterocycles. The van der Waals surface area contributed by atoms with Gasteiger partial charge < -0.3 is 5.32 Å². The summed E-state index contributed by atoms with van der Waals surface area (Å²) in [6, 6.07) is 15.0. The summed E-state index contributed by atoms with van der Waals surface area (Å²) in [7, 11) is 0. The van der Waals surface area contributed by atoms with E-state index in [0.29, 0.717) is 5.56 Å². The molecule has 1 amide bonds. The van der Waals surface area contributed by atoms with Gasteiger partial charge in [-0.1, -0.05) is 24.3 Å². The lowest BCUT2D eigenvalue weighted by Gasteiger charge is -2.08. The number of benzene rings is 2. The van der Waals surface area contributed by atoms with Crippen molar-refractivity contribution in [1.82, 2.24) is 0 Å². The van der Waals surface area contributed by atoms with E-state index >= 15 is 0 Å². The Morgan fingerprint density at radius 2 is 1.82 bits per heavy atom. The van der Waals surface area contributed by atoms with Gasteiger partial charge in [0.25, 0.3) is 5.91 Å². The van der Waals surface area contributed by atoms with Crippen LogP contribution in [0.2, 0.25) is 0 Å². The van der Waals surface area contributed by atoms with Gasteiger partial charge in [-0.2, -0.15) is 0 Å². The van der Waals surface area contributed by atoms with Crippen LogP contribution in [0.1, 0.15) is 15.9 Å². The van der Waals surface area contributed by atoms with Crippen molar-refractivity contribution < 1.29 is 4.79 Å². The van der Waals surface area contributed by atoms with Gasteiger partial charge in [0.15, 0.2) is 0 Å². The molecule has 2 aromatic carbocycles. The van der Waals surface area contributed by atoms with Crippen molar-refractivity contribution in [2.45, 2.75) is 6.92 Å². The van der Waals surface area contributed by atoms with E-state index in [1.54, 1.807) is 12.1 Å². The molecule has 0 aliphatic carbocycles. The van der Waals surface area contributed by atoms with Crippen molar-refractivity contribution in [2.24, 2.45) is 0 Å². The van der Waals surface area contributed by atoms with Crippen LogP contribution in [0.25, 0.3) is 0 Å². The molecule has 2 nitrogen and oxygen atoms in total. The molecule has 86 valence electrons. The first-order chi connectivity index (χ1) is 8.16. The maximum Gasteiger partial charge on any atom is 0.255 e. The average molecular weight is 290 g/mol. The van der Waals surface area contributed by atoms with Crippen molar-refractivity contribution in [3.8, 4) is 0 Å². The fourth-order valence-electron chi connectivity index (χ4n) is 1.52. The molecule has 0 aliphatic rings. The summed E-state index contributed by atoms with van der Waals surface area (Å²) in [5.74, 6) is -0.100. The molecular weight excluding hydrogens is 278 g/mol. The Hall–Kier alpha value is -1.61. The zero-order chi connectivity index (χ0) is 12.3. The lowest BCUT2D eigenvalue weighted by atomic mass is 10.2. The zero-order valence-electron chi connectivity index (χ0n) is 9.41. The van der Waals surface area contributed by atoms with Crippen LogP contribution in [-0.2, 0) is 0 Å². The number of hydrogen-bond donors (Lipinski definition) is 1. The Labute approximate surface area is 109 Å². The maximum atomic E-state index is 11.9.